The van der Waals surface area contributed by atoms with Crippen LogP contribution < -0.4 is 19.5 Å². The Hall–Kier alpha value is -2.69. The molecule has 1 N–H and O–H groups in total. The molecule has 5 heteroatoms. The van der Waals surface area contributed by atoms with Crippen LogP contribution in [0.4, 0.5) is 0 Å². The van der Waals surface area contributed by atoms with Crippen molar-refractivity contribution in [2.24, 2.45) is 0 Å². The van der Waals surface area contributed by atoms with Gasteiger partial charge in [-0.25, -0.2) is 0 Å². The highest BCUT2D eigenvalue weighted by Crippen LogP contribution is 2.18. The van der Waals surface area contributed by atoms with Gasteiger partial charge >= 0.3 is 0 Å². The third-order valence-corrected chi connectivity index (χ3v) is 3.44. The van der Waals surface area contributed by atoms with Crippen LogP contribution in [0.15, 0.2) is 48.5 Å². The number of ether oxygens (including phenoxy) is 3. The van der Waals surface area contributed by atoms with Gasteiger partial charge in [-0.05, 0) is 55.8 Å². The van der Waals surface area contributed by atoms with Gasteiger partial charge in [0, 0.05) is 6.54 Å². The molecule has 0 saturated carbocycles. The number of nitrogens with one attached hydrogen (secondary N) is 1. The Labute approximate surface area is 142 Å². The van der Waals surface area contributed by atoms with Gasteiger partial charge in [0.25, 0.3) is 5.91 Å². The second kappa shape index (κ2) is 8.82. The molecule has 1 atom stereocenters. The number of amides is 1. The number of hydrogen-bond donors (Lipinski definition) is 1. The fourth-order valence-corrected chi connectivity index (χ4v) is 2.12. The summed E-state index contributed by atoms with van der Waals surface area (Å²) < 4.78 is 16.1. The molecule has 0 aliphatic heterocycles. The van der Waals surface area contributed by atoms with E-state index in [0.29, 0.717) is 18.9 Å². The maximum absolute atomic E-state index is 12.1. The quantitative estimate of drug-likeness (QED) is 0.808. The van der Waals surface area contributed by atoms with Crippen molar-refractivity contribution < 1.29 is 19.0 Å². The predicted octanol–water partition coefficient (Wildman–Crippen LogP) is 3.18. The second-order valence-electron chi connectivity index (χ2n) is 5.23. The highest BCUT2D eigenvalue weighted by Gasteiger charge is 2.14. The van der Waals surface area contributed by atoms with E-state index in [4.69, 9.17) is 14.2 Å². The molecule has 24 heavy (non-hydrogen) atoms. The van der Waals surface area contributed by atoms with Crippen molar-refractivity contribution >= 4 is 5.91 Å². The standard InChI is InChI=1S/C19H23NO4/c1-4-23-17-7-5-15(6-8-17)13-20-19(21)14(2)24-18-11-9-16(22-3)10-12-18/h5-12,14H,4,13H2,1-3H3,(H,20,21)/t14-/m1/s1. The van der Waals surface area contributed by atoms with E-state index >= 15 is 0 Å². The zero-order chi connectivity index (χ0) is 17.4. The summed E-state index contributed by atoms with van der Waals surface area (Å²) in [5.41, 5.74) is 1.00. The maximum atomic E-state index is 12.1. The summed E-state index contributed by atoms with van der Waals surface area (Å²) >= 11 is 0. The molecule has 2 aromatic rings. The molecule has 0 heterocycles. The maximum Gasteiger partial charge on any atom is 0.261 e. The largest absolute Gasteiger partial charge is 0.497 e. The summed E-state index contributed by atoms with van der Waals surface area (Å²) in [6.07, 6.45) is -0.582. The van der Waals surface area contributed by atoms with Crippen LogP contribution in [-0.4, -0.2) is 25.7 Å². The van der Waals surface area contributed by atoms with Crippen molar-refractivity contribution in [1.29, 1.82) is 0 Å². The molecule has 0 radical (unpaired) electrons. The third kappa shape index (κ3) is 5.19. The fourth-order valence-electron chi connectivity index (χ4n) is 2.12. The predicted molar refractivity (Wildman–Crippen MR) is 92.5 cm³/mol. The highest BCUT2D eigenvalue weighted by atomic mass is 16.5. The summed E-state index contributed by atoms with van der Waals surface area (Å²) in [6.45, 7) is 4.74. The molecule has 5 nitrogen and oxygen atoms in total. The van der Waals surface area contributed by atoms with Gasteiger partial charge < -0.3 is 19.5 Å². The Morgan fingerprint density at radius 3 is 2.17 bits per heavy atom. The highest BCUT2D eigenvalue weighted by molar-refractivity contribution is 5.80. The number of carbonyl (C=O) groups excluding carboxylic acids is 1. The van der Waals surface area contributed by atoms with E-state index in [1.54, 1.807) is 38.3 Å². The van der Waals surface area contributed by atoms with Crippen molar-refractivity contribution in [2.75, 3.05) is 13.7 Å². The Morgan fingerprint density at radius 2 is 1.58 bits per heavy atom. The first-order valence-electron chi connectivity index (χ1n) is 7.92. The minimum Gasteiger partial charge on any atom is -0.497 e. The van der Waals surface area contributed by atoms with Crippen LogP contribution in [0.3, 0.4) is 0 Å². The lowest BCUT2D eigenvalue weighted by atomic mass is 10.2. The van der Waals surface area contributed by atoms with Crippen LogP contribution in [0, 0.1) is 0 Å². The molecular weight excluding hydrogens is 306 g/mol. The van der Waals surface area contributed by atoms with E-state index < -0.39 is 6.10 Å². The summed E-state index contributed by atoms with van der Waals surface area (Å²) in [4.78, 5) is 12.1. The third-order valence-electron chi connectivity index (χ3n) is 3.44. The van der Waals surface area contributed by atoms with Crippen LogP contribution in [0.1, 0.15) is 19.4 Å². The smallest absolute Gasteiger partial charge is 0.261 e. The minimum absolute atomic E-state index is 0.167. The van der Waals surface area contributed by atoms with Crippen LogP contribution >= 0.6 is 0 Å². The molecular formula is C19H23NO4. The molecule has 0 fully saturated rings. The molecule has 128 valence electrons. The minimum atomic E-state index is -0.582. The lowest BCUT2D eigenvalue weighted by Gasteiger charge is -2.15. The van der Waals surface area contributed by atoms with E-state index in [9.17, 15) is 4.79 Å². The van der Waals surface area contributed by atoms with Gasteiger partial charge in [0.1, 0.15) is 17.2 Å². The molecule has 1 amide bonds. The number of rotatable bonds is 8. The second-order valence-corrected chi connectivity index (χ2v) is 5.23. The topological polar surface area (TPSA) is 56.8 Å². The Bertz CT molecular complexity index is 637. The van der Waals surface area contributed by atoms with Gasteiger partial charge in [0.2, 0.25) is 0 Å². The first kappa shape index (κ1) is 17.7. The van der Waals surface area contributed by atoms with Gasteiger partial charge in [-0.15, -0.1) is 0 Å². The van der Waals surface area contributed by atoms with E-state index in [2.05, 4.69) is 5.32 Å². The SMILES string of the molecule is CCOc1ccc(CNC(=O)[C@@H](C)Oc2ccc(OC)cc2)cc1. The summed E-state index contributed by atoms with van der Waals surface area (Å²) in [6, 6.07) is 14.8. The first-order valence-corrected chi connectivity index (χ1v) is 7.92. The average molecular weight is 329 g/mol. The Balaban J connectivity index is 1.82. The normalized spacial score (nSPS) is 11.5. The van der Waals surface area contributed by atoms with Crippen molar-refractivity contribution in [2.45, 2.75) is 26.5 Å². The van der Waals surface area contributed by atoms with Gasteiger partial charge in [0.15, 0.2) is 6.10 Å². The van der Waals surface area contributed by atoms with Crippen LogP contribution in [0.2, 0.25) is 0 Å². The van der Waals surface area contributed by atoms with Crippen LogP contribution in [-0.2, 0) is 11.3 Å². The van der Waals surface area contributed by atoms with Crippen molar-refractivity contribution in [1.82, 2.24) is 5.32 Å². The van der Waals surface area contributed by atoms with Gasteiger partial charge in [-0.1, -0.05) is 12.1 Å². The van der Waals surface area contributed by atoms with Crippen molar-refractivity contribution in [3.05, 3.63) is 54.1 Å². The summed E-state index contributed by atoms with van der Waals surface area (Å²) in [5.74, 6) is 2.03. The molecule has 0 spiro atoms. The fraction of sp³-hybridized carbons (Fsp3) is 0.316. The number of hydrogen-bond acceptors (Lipinski definition) is 4. The van der Waals surface area contributed by atoms with Gasteiger partial charge in [-0.3, -0.25) is 4.79 Å². The Morgan fingerprint density at radius 1 is 1.00 bits per heavy atom. The summed E-state index contributed by atoms with van der Waals surface area (Å²) in [5, 5.41) is 2.86. The zero-order valence-electron chi connectivity index (χ0n) is 14.2. The van der Waals surface area contributed by atoms with E-state index in [0.717, 1.165) is 17.1 Å². The molecule has 0 unspecified atom stereocenters. The number of carbonyl (C=O) groups is 1. The van der Waals surface area contributed by atoms with Gasteiger partial charge in [-0.2, -0.15) is 0 Å². The van der Waals surface area contributed by atoms with Crippen LogP contribution in [0.25, 0.3) is 0 Å². The molecule has 2 rings (SSSR count). The van der Waals surface area contributed by atoms with E-state index in [-0.39, 0.29) is 5.91 Å². The molecule has 0 bridgehead atoms. The van der Waals surface area contributed by atoms with Gasteiger partial charge in [0.05, 0.1) is 13.7 Å². The van der Waals surface area contributed by atoms with E-state index in [1.807, 2.05) is 31.2 Å². The average Bonchev–Trinajstić information content (AvgIpc) is 2.61. The zero-order valence-corrected chi connectivity index (χ0v) is 14.2. The lowest BCUT2D eigenvalue weighted by Crippen LogP contribution is -2.35. The molecule has 0 aromatic heterocycles. The van der Waals surface area contributed by atoms with Crippen LogP contribution in [0.5, 0.6) is 17.2 Å². The lowest BCUT2D eigenvalue weighted by molar-refractivity contribution is -0.127. The van der Waals surface area contributed by atoms with E-state index in [1.165, 1.54) is 0 Å². The number of methoxy groups -OCH3 is 1. The Kier molecular flexibility index (Phi) is 6.49. The molecule has 2 aromatic carbocycles. The van der Waals surface area contributed by atoms with Crippen molar-refractivity contribution in [3.8, 4) is 17.2 Å². The molecule has 0 aliphatic rings. The molecule has 0 saturated heterocycles. The molecule has 0 aliphatic carbocycles. The monoisotopic (exact) mass is 329 g/mol. The van der Waals surface area contributed by atoms with Crippen molar-refractivity contribution in [3.63, 3.8) is 0 Å². The number of benzene rings is 2. The first-order chi connectivity index (χ1) is 11.6. The summed E-state index contributed by atoms with van der Waals surface area (Å²) in [7, 11) is 1.60.